The van der Waals surface area contributed by atoms with Crippen LogP contribution in [0.4, 0.5) is 20.3 Å². The van der Waals surface area contributed by atoms with Crippen LogP contribution in [0.25, 0.3) is 0 Å². The summed E-state index contributed by atoms with van der Waals surface area (Å²) in [6, 6.07) is 3.23. The lowest BCUT2D eigenvalue weighted by molar-refractivity contribution is 0.102. The number of hydrogen-bond acceptors (Lipinski definition) is 3. The zero-order chi connectivity index (χ0) is 14.2. The molecular formula is C12H12F2N4O. The number of amides is 1. The van der Waals surface area contributed by atoms with E-state index in [1.807, 2.05) is 0 Å². The molecule has 1 amide bonds. The SMILES string of the molecule is Cc1cc(NC(=O)c2cc(F)cc(N)c2F)n(C)n1. The molecule has 1 aromatic carbocycles. The Kier molecular flexibility index (Phi) is 3.20. The molecule has 1 aromatic heterocycles. The van der Waals surface area contributed by atoms with Gasteiger partial charge in [-0.15, -0.1) is 0 Å². The van der Waals surface area contributed by atoms with Crippen LogP contribution >= 0.6 is 0 Å². The van der Waals surface area contributed by atoms with Crippen molar-refractivity contribution in [3.8, 4) is 0 Å². The van der Waals surface area contributed by atoms with E-state index in [4.69, 9.17) is 5.73 Å². The van der Waals surface area contributed by atoms with Gasteiger partial charge in [-0.25, -0.2) is 8.78 Å². The van der Waals surface area contributed by atoms with Gasteiger partial charge in [0.1, 0.15) is 11.6 Å². The predicted molar refractivity (Wildman–Crippen MR) is 66.7 cm³/mol. The van der Waals surface area contributed by atoms with Gasteiger partial charge in [-0.05, 0) is 19.1 Å². The highest BCUT2D eigenvalue weighted by Gasteiger charge is 2.17. The first-order valence-electron chi connectivity index (χ1n) is 5.45. The van der Waals surface area contributed by atoms with Crippen molar-refractivity contribution < 1.29 is 13.6 Å². The van der Waals surface area contributed by atoms with E-state index in [0.717, 1.165) is 12.1 Å². The standard InChI is InChI=1S/C12H12F2N4O/c1-6-3-10(18(2)17-6)16-12(19)8-4-7(13)5-9(15)11(8)14/h3-5H,15H2,1-2H3,(H,16,19). The topological polar surface area (TPSA) is 72.9 Å². The molecule has 0 fully saturated rings. The highest BCUT2D eigenvalue weighted by Crippen LogP contribution is 2.19. The van der Waals surface area contributed by atoms with Crippen LogP contribution in [-0.4, -0.2) is 15.7 Å². The molecule has 0 saturated carbocycles. The Bertz CT molecular complexity index is 651. The van der Waals surface area contributed by atoms with Crippen LogP contribution in [0.5, 0.6) is 0 Å². The van der Waals surface area contributed by atoms with Crippen LogP contribution in [0.15, 0.2) is 18.2 Å². The smallest absolute Gasteiger partial charge is 0.259 e. The molecule has 0 aliphatic heterocycles. The van der Waals surface area contributed by atoms with Gasteiger partial charge in [-0.1, -0.05) is 0 Å². The molecule has 0 atom stereocenters. The van der Waals surface area contributed by atoms with E-state index in [0.29, 0.717) is 11.5 Å². The van der Waals surface area contributed by atoms with Gasteiger partial charge in [0.15, 0.2) is 5.82 Å². The monoisotopic (exact) mass is 266 g/mol. The van der Waals surface area contributed by atoms with E-state index < -0.39 is 28.8 Å². The second-order valence-electron chi connectivity index (χ2n) is 4.11. The summed E-state index contributed by atoms with van der Waals surface area (Å²) in [4.78, 5) is 11.9. The number of aromatic nitrogens is 2. The Morgan fingerprint density at radius 1 is 1.37 bits per heavy atom. The molecule has 0 aliphatic carbocycles. The lowest BCUT2D eigenvalue weighted by atomic mass is 10.1. The second kappa shape index (κ2) is 4.68. The first-order chi connectivity index (χ1) is 8.88. The number of hydrogen-bond donors (Lipinski definition) is 2. The maximum atomic E-state index is 13.7. The first kappa shape index (κ1) is 13.0. The van der Waals surface area contributed by atoms with Crippen LogP contribution in [0.1, 0.15) is 16.1 Å². The van der Waals surface area contributed by atoms with Gasteiger partial charge in [0.2, 0.25) is 0 Å². The molecule has 0 unspecified atom stereocenters. The third-order valence-electron chi connectivity index (χ3n) is 2.55. The average Bonchev–Trinajstić information content (AvgIpc) is 2.62. The van der Waals surface area contributed by atoms with Crippen LogP contribution in [0.3, 0.4) is 0 Å². The van der Waals surface area contributed by atoms with Gasteiger partial charge < -0.3 is 11.1 Å². The number of nitrogens with one attached hydrogen (secondary N) is 1. The van der Waals surface area contributed by atoms with Gasteiger partial charge in [-0.2, -0.15) is 5.10 Å². The normalized spacial score (nSPS) is 10.5. The third-order valence-corrected chi connectivity index (χ3v) is 2.55. The van der Waals surface area contributed by atoms with Crippen molar-refractivity contribution in [2.45, 2.75) is 6.92 Å². The summed E-state index contributed by atoms with van der Waals surface area (Å²) >= 11 is 0. The summed E-state index contributed by atoms with van der Waals surface area (Å²) in [7, 11) is 1.62. The molecule has 2 aromatic rings. The fourth-order valence-electron chi connectivity index (χ4n) is 1.69. The molecule has 1 heterocycles. The van der Waals surface area contributed by atoms with Crippen molar-refractivity contribution in [3.63, 3.8) is 0 Å². The van der Waals surface area contributed by atoms with Crippen molar-refractivity contribution in [1.29, 1.82) is 0 Å². The molecule has 5 nitrogen and oxygen atoms in total. The van der Waals surface area contributed by atoms with Crippen LogP contribution in [0.2, 0.25) is 0 Å². The summed E-state index contributed by atoms with van der Waals surface area (Å²) in [5, 5.41) is 6.47. The molecular weight excluding hydrogens is 254 g/mol. The highest BCUT2D eigenvalue weighted by atomic mass is 19.1. The Labute approximate surface area is 108 Å². The van der Waals surface area contributed by atoms with E-state index in [2.05, 4.69) is 10.4 Å². The molecule has 7 heteroatoms. The summed E-state index contributed by atoms with van der Waals surface area (Å²) < 4.78 is 28.2. The Hall–Kier alpha value is -2.44. The number of aryl methyl sites for hydroxylation is 2. The number of rotatable bonds is 2. The molecule has 0 radical (unpaired) electrons. The molecule has 0 saturated heterocycles. The highest BCUT2D eigenvalue weighted by molar-refractivity contribution is 6.04. The zero-order valence-corrected chi connectivity index (χ0v) is 10.4. The van der Waals surface area contributed by atoms with Crippen LogP contribution in [0, 0.1) is 18.6 Å². The van der Waals surface area contributed by atoms with Crippen LogP contribution in [-0.2, 0) is 7.05 Å². The summed E-state index contributed by atoms with van der Waals surface area (Å²) in [5.74, 6) is -2.13. The van der Waals surface area contributed by atoms with Gasteiger partial charge in [0.25, 0.3) is 5.91 Å². The van der Waals surface area contributed by atoms with Gasteiger partial charge >= 0.3 is 0 Å². The largest absolute Gasteiger partial charge is 0.396 e. The summed E-state index contributed by atoms with van der Waals surface area (Å²) in [5.41, 5.74) is 5.11. The minimum absolute atomic E-state index is 0.379. The van der Waals surface area contributed by atoms with Crippen molar-refractivity contribution in [1.82, 2.24) is 9.78 Å². The number of anilines is 2. The van der Waals surface area contributed by atoms with E-state index in [9.17, 15) is 13.6 Å². The summed E-state index contributed by atoms with van der Waals surface area (Å²) in [6.07, 6.45) is 0. The minimum Gasteiger partial charge on any atom is -0.396 e. The fraction of sp³-hybridized carbons (Fsp3) is 0.167. The molecule has 0 bridgehead atoms. The van der Waals surface area contributed by atoms with Gasteiger partial charge in [0, 0.05) is 13.1 Å². The average molecular weight is 266 g/mol. The Morgan fingerprint density at radius 2 is 2.05 bits per heavy atom. The maximum Gasteiger partial charge on any atom is 0.259 e. The molecule has 3 N–H and O–H groups in total. The van der Waals surface area contributed by atoms with E-state index >= 15 is 0 Å². The molecule has 0 spiro atoms. The van der Waals surface area contributed by atoms with E-state index in [1.165, 1.54) is 4.68 Å². The number of carbonyl (C=O) groups is 1. The number of carbonyl (C=O) groups excluding carboxylic acids is 1. The number of halogens is 2. The molecule has 2 rings (SSSR count). The Balaban J connectivity index is 2.33. The zero-order valence-electron chi connectivity index (χ0n) is 10.4. The van der Waals surface area contributed by atoms with Crippen molar-refractivity contribution in [3.05, 3.63) is 41.1 Å². The lowest BCUT2D eigenvalue weighted by Gasteiger charge is -2.07. The molecule has 19 heavy (non-hydrogen) atoms. The number of benzene rings is 1. The predicted octanol–water partition coefficient (Wildman–Crippen LogP) is 1.84. The maximum absolute atomic E-state index is 13.7. The van der Waals surface area contributed by atoms with E-state index in [1.54, 1.807) is 20.0 Å². The minimum atomic E-state index is -0.946. The van der Waals surface area contributed by atoms with Gasteiger partial charge in [0.05, 0.1) is 16.9 Å². The fourth-order valence-corrected chi connectivity index (χ4v) is 1.69. The van der Waals surface area contributed by atoms with Crippen molar-refractivity contribution >= 4 is 17.4 Å². The Morgan fingerprint density at radius 3 is 2.63 bits per heavy atom. The third kappa shape index (κ3) is 2.54. The van der Waals surface area contributed by atoms with Crippen molar-refractivity contribution in [2.24, 2.45) is 7.05 Å². The first-order valence-corrected chi connectivity index (χ1v) is 5.45. The molecule has 100 valence electrons. The molecule has 0 aliphatic rings. The quantitative estimate of drug-likeness (QED) is 0.815. The summed E-state index contributed by atoms with van der Waals surface area (Å²) in [6.45, 7) is 1.75. The van der Waals surface area contributed by atoms with Crippen LogP contribution < -0.4 is 11.1 Å². The van der Waals surface area contributed by atoms with E-state index in [-0.39, 0.29) is 0 Å². The second-order valence-corrected chi connectivity index (χ2v) is 4.11. The van der Waals surface area contributed by atoms with Gasteiger partial charge in [-0.3, -0.25) is 9.48 Å². The number of nitrogens with two attached hydrogens (primary N) is 1. The lowest BCUT2D eigenvalue weighted by Crippen LogP contribution is -2.17. The van der Waals surface area contributed by atoms with Crippen molar-refractivity contribution in [2.75, 3.05) is 11.1 Å². The number of nitrogen functional groups attached to an aromatic ring is 1. The number of nitrogens with zero attached hydrogens (tertiary/aromatic N) is 2.